The number of carbonyl (C=O) groups is 2. The van der Waals surface area contributed by atoms with Gasteiger partial charge in [-0.05, 0) is 68.1 Å². The number of aromatic nitrogens is 3. The zero-order valence-electron chi connectivity index (χ0n) is 19.2. The lowest BCUT2D eigenvalue weighted by Crippen LogP contribution is -2.56. The van der Waals surface area contributed by atoms with E-state index in [4.69, 9.17) is 11.6 Å². The van der Waals surface area contributed by atoms with Gasteiger partial charge in [0.1, 0.15) is 6.54 Å². The third-order valence-electron chi connectivity index (χ3n) is 7.61. The average Bonchev–Trinajstić information content (AvgIpc) is 3.45. The molecule has 3 aromatic rings. The van der Waals surface area contributed by atoms with Crippen molar-refractivity contribution < 1.29 is 9.59 Å². The maximum Gasteiger partial charge on any atom is 0.276 e. The molecule has 0 spiro atoms. The SMILES string of the molecule is C[C@H]1CC[C@H](N2CCN(C(=O)c3nn4c(-c5cscn5)cc(C5CC5)cc4c3Cl)CC2=O)CC1. The minimum Gasteiger partial charge on any atom is -0.336 e. The van der Waals surface area contributed by atoms with E-state index in [1.165, 1.54) is 16.9 Å². The summed E-state index contributed by atoms with van der Waals surface area (Å²) in [5.74, 6) is 1.01. The van der Waals surface area contributed by atoms with E-state index in [-0.39, 0.29) is 24.1 Å². The number of rotatable bonds is 4. The first-order valence-corrected chi connectivity index (χ1v) is 13.5. The van der Waals surface area contributed by atoms with E-state index >= 15 is 0 Å². The molecule has 34 heavy (non-hydrogen) atoms. The molecule has 0 bridgehead atoms. The number of fused-ring (bicyclic) bond motifs is 1. The fourth-order valence-corrected chi connectivity index (χ4v) is 6.20. The Morgan fingerprint density at radius 1 is 1.12 bits per heavy atom. The van der Waals surface area contributed by atoms with Crippen LogP contribution in [0, 0.1) is 5.92 Å². The highest BCUT2D eigenvalue weighted by molar-refractivity contribution is 7.07. The van der Waals surface area contributed by atoms with Gasteiger partial charge in [0.05, 0.1) is 27.4 Å². The van der Waals surface area contributed by atoms with Crippen LogP contribution >= 0.6 is 22.9 Å². The molecule has 0 atom stereocenters. The van der Waals surface area contributed by atoms with E-state index in [1.807, 2.05) is 16.3 Å². The number of halogens is 1. The van der Waals surface area contributed by atoms with Gasteiger partial charge in [0, 0.05) is 24.5 Å². The Morgan fingerprint density at radius 2 is 1.91 bits per heavy atom. The predicted octanol–water partition coefficient (Wildman–Crippen LogP) is 4.85. The van der Waals surface area contributed by atoms with Gasteiger partial charge in [-0.1, -0.05) is 18.5 Å². The lowest BCUT2D eigenvalue weighted by Gasteiger charge is -2.41. The smallest absolute Gasteiger partial charge is 0.276 e. The van der Waals surface area contributed by atoms with E-state index in [0.29, 0.717) is 30.1 Å². The number of piperazine rings is 1. The zero-order valence-corrected chi connectivity index (χ0v) is 20.8. The number of thiazole rings is 1. The second-order valence-corrected chi connectivity index (χ2v) is 11.1. The fraction of sp³-hybridized carbons (Fsp3) is 0.520. The second kappa shape index (κ2) is 8.64. The lowest BCUT2D eigenvalue weighted by atomic mass is 9.86. The van der Waals surface area contributed by atoms with Crippen molar-refractivity contribution in [3.8, 4) is 11.4 Å². The first-order valence-electron chi connectivity index (χ1n) is 12.2. The van der Waals surface area contributed by atoms with Crippen LogP contribution in [0.1, 0.15) is 67.4 Å². The van der Waals surface area contributed by atoms with Crippen molar-refractivity contribution in [3.63, 3.8) is 0 Å². The van der Waals surface area contributed by atoms with Gasteiger partial charge in [-0.25, -0.2) is 9.50 Å². The van der Waals surface area contributed by atoms with Crippen molar-refractivity contribution in [3.05, 3.63) is 39.3 Å². The minimum atomic E-state index is -0.281. The summed E-state index contributed by atoms with van der Waals surface area (Å²) in [6.45, 7) is 3.44. The highest BCUT2D eigenvalue weighted by Gasteiger charge is 2.35. The molecule has 178 valence electrons. The summed E-state index contributed by atoms with van der Waals surface area (Å²) < 4.78 is 1.73. The summed E-state index contributed by atoms with van der Waals surface area (Å²) in [6, 6.07) is 4.47. The van der Waals surface area contributed by atoms with Gasteiger partial charge < -0.3 is 9.80 Å². The summed E-state index contributed by atoms with van der Waals surface area (Å²) in [4.78, 5) is 34.5. The molecular formula is C25H28ClN5O2S. The maximum absolute atomic E-state index is 13.5. The Labute approximate surface area is 207 Å². The Bertz CT molecular complexity index is 1240. The molecular weight excluding hydrogens is 470 g/mol. The van der Waals surface area contributed by atoms with Crippen molar-refractivity contribution in [2.45, 2.75) is 57.4 Å². The lowest BCUT2D eigenvalue weighted by molar-refractivity contribution is -0.138. The molecule has 2 amide bonds. The van der Waals surface area contributed by atoms with E-state index in [9.17, 15) is 9.59 Å². The van der Waals surface area contributed by atoms with E-state index in [0.717, 1.165) is 61.3 Å². The van der Waals surface area contributed by atoms with Gasteiger partial charge in [-0.3, -0.25) is 9.59 Å². The average molecular weight is 498 g/mol. The van der Waals surface area contributed by atoms with Crippen molar-refractivity contribution in [1.29, 1.82) is 0 Å². The van der Waals surface area contributed by atoms with Crippen LogP contribution in [0.3, 0.4) is 0 Å². The standard InChI is InChI=1S/C25H28ClN5O2S/c1-15-2-6-18(7-3-15)30-9-8-29(12-22(30)32)25(33)24-23(26)21-11-17(16-4-5-16)10-20(31(21)28-24)19-13-34-14-27-19/h10-11,13-16,18H,2-9,12H2,1H3/t15-,18-. The number of amides is 2. The number of pyridine rings is 1. The third-order valence-corrected chi connectivity index (χ3v) is 8.57. The molecule has 3 aliphatic rings. The number of hydrogen-bond acceptors (Lipinski definition) is 5. The first kappa shape index (κ1) is 22.0. The van der Waals surface area contributed by atoms with Gasteiger partial charge in [0.2, 0.25) is 5.91 Å². The Morgan fingerprint density at radius 3 is 2.59 bits per heavy atom. The third kappa shape index (κ3) is 3.90. The molecule has 0 radical (unpaired) electrons. The van der Waals surface area contributed by atoms with Crippen LogP contribution in [0.25, 0.3) is 16.9 Å². The molecule has 3 fully saturated rings. The quantitative estimate of drug-likeness (QED) is 0.516. The molecule has 3 aromatic heterocycles. The largest absolute Gasteiger partial charge is 0.336 e. The van der Waals surface area contributed by atoms with Crippen LogP contribution < -0.4 is 0 Å². The molecule has 0 N–H and O–H groups in total. The van der Waals surface area contributed by atoms with Gasteiger partial charge >= 0.3 is 0 Å². The molecule has 1 saturated heterocycles. The first-order chi connectivity index (χ1) is 16.5. The summed E-state index contributed by atoms with van der Waals surface area (Å²) in [7, 11) is 0. The zero-order chi connectivity index (χ0) is 23.4. The van der Waals surface area contributed by atoms with Crippen molar-refractivity contribution >= 4 is 40.3 Å². The number of hydrogen-bond donors (Lipinski definition) is 0. The monoisotopic (exact) mass is 497 g/mol. The summed E-state index contributed by atoms with van der Waals surface area (Å²) in [5.41, 5.74) is 5.59. The van der Waals surface area contributed by atoms with Crippen LogP contribution in [0.4, 0.5) is 0 Å². The van der Waals surface area contributed by atoms with Crippen LogP contribution in [0.15, 0.2) is 23.0 Å². The van der Waals surface area contributed by atoms with Gasteiger partial charge in [0.25, 0.3) is 5.91 Å². The molecule has 2 aliphatic carbocycles. The highest BCUT2D eigenvalue weighted by atomic mass is 35.5. The van der Waals surface area contributed by atoms with Crippen LogP contribution in [-0.2, 0) is 4.79 Å². The van der Waals surface area contributed by atoms with E-state index in [2.05, 4.69) is 23.1 Å². The Hall–Kier alpha value is -2.45. The second-order valence-electron chi connectivity index (χ2n) is 10.0. The van der Waals surface area contributed by atoms with Gasteiger partial charge in [0.15, 0.2) is 5.69 Å². The van der Waals surface area contributed by atoms with Gasteiger partial charge in [-0.2, -0.15) is 5.10 Å². The highest BCUT2D eigenvalue weighted by Crippen LogP contribution is 2.42. The topological polar surface area (TPSA) is 70.8 Å². The van der Waals surface area contributed by atoms with Crippen LogP contribution in [0.2, 0.25) is 5.02 Å². The summed E-state index contributed by atoms with van der Waals surface area (Å²) >= 11 is 8.28. The number of nitrogens with zero attached hydrogens (tertiary/aromatic N) is 5. The fourth-order valence-electron chi connectivity index (χ4n) is 5.40. The predicted molar refractivity (Wildman–Crippen MR) is 132 cm³/mol. The molecule has 0 aromatic carbocycles. The molecule has 1 aliphatic heterocycles. The van der Waals surface area contributed by atoms with Gasteiger partial charge in [-0.15, -0.1) is 11.3 Å². The van der Waals surface area contributed by atoms with E-state index < -0.39 is 0 Å². The van der Waals surface area contributed by atoms with Crippen molar-refractivity contribution in [2.24, 2.45) is 5.92 Å². The number of carbonyl (C=O) groups excluding carboxylic acids is 2. The normalized spacial score (nSPS) is 23.6. The Balaban J connectivity index is 1.28. The van der Waals surface area contributed by atoms with Crippen molar-refractivity contribution in [2.75, 3.05) is 19.6 Å². The Kier molecular flexibility index (Phi) is 5.60. The summed E-state index contributed by atoms with van der Waals surface area (Å²) in [5, 5.41) is 6.97. The molecule has 9 heteroatoms. The van der Waals surface area contributed by atoms with Crippen molar-refractivity contribution in [1.82, 2.24) is 24.4 Å². The van der Waals surface area contributed by atoms with E-state index in [1.54, 1.807) is 14.9 Å². The van der Waals surface area contributed by atoms with Crippen LogP contribution in [-0.4, -0.2) is 61.9 Å². The molecule has 4 heterocycles. The molecule has 0 unspecified atom stereocenters. The molecule has 6 rings (SSSR count). The van der Waals surface area contributed by atoms with Crippen LogP contribution in [0.5, 0.6) is 0 Å². The maximum atomic E-state index is 13.5. The molecule has 2 saturated carbocycles. The minimum absolute atomic E-state index is 0.0261. The molecule has 7 nitrogen and oxygen atoms in total. The summed E-state index contributed by atoms with van der Waals surface area (Å²) in [6.07, 6.45) is 6.77.